The zero-order valence-electron chi connectivity index (χ0n) is 10.3. The zero-order valence-corrected chi connectivity index (χ0v) is 10.3. The lowest BCUT2D eigenvalue weighted by Crippen LogP contribution is -1.97. The maximum atomic E-state index is 11.0. The molecular formula is C13H22O3. The summed E-state index contributed by atoms with van der Waals surface area (Å²) in [7, 11) is 0. The Bertz CT molecular complexity index is 197. The second kappa shape index (κ2) is 11.8. The van der Waals surface area contributed by atoms with Crippen LogP contribution in [0.3, 0.4) is 0 Å². The zero-order chi connectivity index (χ0) is 12.1. The Morgan fingerprint density at radius 2 is 1.38 bits per heavy atom. The van der Waals surface area contributed by atoms with Gasteiger partial charge in [-0.3, -0.25) is 0 Å². The molecule has 0 heterocycles. The molecule has 0 aromatic carbocycles. The molecule has 0 saturated carbocycles. The third kappa shape index (κ3) is 10.8. The predicted octanol–water partition coefficient (Wildman–Crippen LogP) is 4.55. The summed E-state index contributed by atoms with van der Waals surface area (Å²) < 4.78 is 9.40. The summed E-state index contributed by atoms with van der Waals surface area (Å²) in [6.07, 6.45) is 12.1. The van der Waals surface area contributed by atoms with Crippen molar-refractivity contribution < 1.29 is 14.3 Å². The molecule has 3 heteroatoms. The minimum Gasteiger partial charge on any atom is -0.403 e. The number of hydrogen-bond donors (Lipinski definition) is 0. The summed E-state index contributed by atoms with van der Waals surface area (Å²) in [4.78, 5) is 11.0. The first-order valence-corrected chi connectivity index (χ1v) is 5.98. The van der Waals surface area contributed by atoms with Crippen LogP contribution in [0.4, 0.5) is 4.79 Å². The summed E-state index contributed by atoms with van der Waals surface area (Å²) in [5.41, 5.74) is 0. The molecule has 92 valence electrons. The maximum absolute atomic E-state index is 11.0. The first-order chi connectivity index (χ1) is 7.81. The summed E-state index contributed by atoms with van der Waals surface area (Å²) >= 11 is 0. The van der Waals surface area contributed by atoms with E-state index >= 15 is 0 Å². The molecule has 0 aromatic rings. The van der Waals surface area contributed by atoms with Gasteiger partial charge in [-0.1, -0.05) is 26.7 Å². The van der Waals surface area contributed by atoms with Crippen molar-refractivity contribution >= 4 is 6.16 Å². The number of carbonyl (C=O) groups is 1. The van der Waals surface area contributed by atoms with Crippen molar-refractivity contribution in [1.29, 1.82) is 0 Å². The van der Waals surface area contributed by atoms with Crippen molar-refractivity contribution in [3.8, 4) is 0 Å². The van der Waals surface area contributed by atoms with Crippen molar-refractivity contribution in [2.75, 3.05) is 0 Å². The van der Waals surface area contributed by atoms with Gasteiger partial charge < -0.3 is 9.47 Å². The largest absolute Gasteiger partial charge is 0.518 e. The molecule has 0 aliphatic rings. The van der Waals surface area contributed by atoms with Crippen LogP contribution < -0.4 is 0 Å². The number of ether oxygens (including phenoxy) is 2. The average Bonchev–Trinajstić information content (AvgIpc) is 2.28. The van der Waals surface area contributed by atoms with Gasteiger partial charge in [0, 0.05) is 0 Å². The molecule has 16 heavy (non-hydrogen) atoms. The van der Waals surface area contributed by atoms with Gasteiger partial charge in [0.25, 0.3) is 0 Å². The molecular weight excluding hydrogens is 204 g/mol. The van der Waals surface area contributed by atoms with Crippen molar-refractivity contribution in [3.63, 3.8) is 0 Å². The van der Waals surface area contributed by atoms with Gasteiger partial charge in [0.2, 0.25) is 0 Å². The Hall–Kier alpha value is -1.25. The second-order valence-electron chi connectivity index (χ2n) is 3.51. The Morgan fingerprint density at radius 1 is 0.938 bits per heavy atom. The minimum atomic E-state index is -0.680. The Labute approximate surface area is 98.1 Å². The molecule has 0 radical (unpaired) electrons. The number of carbonyl (C=O) groups excluding carboxylic acids is 1. The van der Waals surface area contributed by atoms with Crippen LogP contribution in [0.25, 0.3) is 0 Å². The number of unbranched alkanes of at least 4 members (excludes halogenated alkanes) is 4. The van der Waals surface area contributed by atoms with Gasteiger partial charge in [0.1, 0.15) is 0 Å². The lowest BCUT2D eigenvalue weighted by molar-refractivity contribution is 0.119. The third-order valence-corrected chi connectivity index (χ3v) is 1.97. The normalized spacial score (nSPS) is 11.1. The van der Waals surface area contributed by atoms with E-state index in [4.69, 9.17) is 9.47 Å². The molecule has 0 atom stereocenters. The van der Waals surface area contributed by atoms with E-state index < -0.39 is 6.16 Å². The fourth-order valence-corrected chi connectivity index (χ4v) is 1.02. The molecule has 0 fully saturated rings. The smallest absolute Gasteiger partial charge is 0.403 e. The highest BCUT2D eigenvalue weighted by Gasteiger charge is 1.96. The molecule has 3 nitrogen and oxygen atoms in total. The van der Waals surface area contributed by atoms with Gasteiger partial charge in [-0.2, -0.15) is 0 Å². The molecule has 0 N–H and O–H groups in total. The van der Waals surface area contributed by atoms with Crippen molar-refractivity contribution in [2.24, 2.45) is 0 Å². The van der Waals surface area contributed by atoms with E-state index in [0.29, 0.717) is 0 Å². The molecule has 0 rings (SSSR count). The molecule has 0 amide bonds. The van der Waals surface area contributed by atoms with E-state index in [-0.39, 0.29) is 0 Å². The van der Waals surface area contributed by atoms with Gasteiger partial charge in [0.05, 0.1) is 12.5 Å². The maximum Gasteiger partial charge on any atom is 0.518 e. The van der Waals surface area contributed by atoms with Crippen molar-refractivity contribution in [3.05, 3.63) is 24.7 Å². The van der Waals surface area contributed by atoms with E-state index in [1.165, 1.54) is 12.5 Å². The highest BCUT2D eigenvalue weighted by atomic mass is 16.7. The fraction of sp³-hybridized carbons (Fsp3) is 0.615. The molecule has 0 saturated heterocycles. The van der Waals surface area contributed by atoms with Gasteiger partial charge in [-0.05, 0) is 37.8 Å². The Morgan fingerprint density at radius 3 is 1.75 bits per heavy atom. The van der Waals surface area contributed by atoms with Crippen LogP contribution in [0.5, 0.6) is 0 Å². The van der Waals surface area contributed by atoms with Crippen molar-refractivity contribution in [1.82, 2.24) is 0 Å². The van der Waals surface area contributed by atoms with Crippen LogP contribution in [-0.2, 0) is 9.47 Å². The quantitative estimate of drug-likeness (QED) is 0.346. The molecule has 0 aromatic heterocycles. The van der Waals surface area contributed by atoms with E-state index in [1.54, 1.807) is 0 Å². The SMILES string of the molecule is CCCC/C=C/OC(=O)O/C=C/CCCC. The van der Waals surface area contributed by atoms with E-state index in [9.17, 15) is 4.79 Å². The van der Waals surface area contributed by atoms with Gasteiger partial charge in [-0.15, -0.1) is 0 Å². The number of rotatable bonds is 8. The first kappa shape index (κ1) is 14.8. The topological polar surface area (TPSA) is 35.5 Å². The number of allylic oxidation sites excluding steroid dienone is 2. The van der Waals surface area contributed by atoms with Crippen LogP contribution in [0.15, 0.2) is 24.7 Å². The summed E-state index contributed by atoms with van der Waals surface area (Å²) in [6, 6.07) is 0. The molecule has 0 spiro atoms. The molecule has 0 aliphatic carbocycles. The second-order valence-corrected chi connectivity index (χ2v) is 3.51. The Kier molecular flexibility index (Phi) is 10.9. The van der Waals surface area contributed by atoms with Gasteiger partial charge in [-0.25, -0.2) is 4.79 Å². The van der Waals surface area contributed by atoms with Crippen LogP contribution in [0.2, 0.25) is 0 Å². The molecule has 0 unspecified atom stereocenters. The summed E-state index contributed by atoms with van der Waals surface area (Å²) in [6.45, 7) is 4.23. The molecule has 0 bridgehead atoms. The summed E-state index contributed by atoms with van der Waals surface area (Å²) in [5, 5.41) is 0. The van der Waals surface area contributed by atoms with Crippen molar-refractivity contribution in [2.45, 2.75) is 52.4 Å². The first-order valence-electron chi connectivity index (χ1n) is 5.98. The monoisotopic (exact) mass is 226 g/mol. The van der Waals surface area contributed by atoms with E-state index in [2.05, 4.69) is 13.8 Å². The third-order valence-electron chi connectivity index (χ3n) is 1.97. The summed E-state index contributed by atoms with van der Waals surface area (Å²) in [5.74, 6) is 0. The standard InChI is InChI=1S/C13H22O3/c1-3-5-7-9-11-15-13(14)16-12-10-8-6-4-2/h9-12H,3-8H2,1-2H3/b11-9+,12-10+. The predicted molar refractivity (Wildman–Crippen MR) is 64.9 cm³/mol. The highest BCUT2D eigenvalue weighted by molar-refractivity contribution is 5.61. The van der Waals surface area contributed by atoms with Crippen LogP contribution in [-0.4, -0.2) is 6.16 Å². The van der Waals surface area contributed by atoms with Crippen LogP contribution in [0.1, 0.15) is 52.4 Å². The van der Waals surface area contributed by atoms with Crippen LogP contribution >= 0.6 is 0 Å². The lowest BCUT2D eigenvalue weighted by atomic mass is 10.2. The fourth-order valence-electron chi connectivity index (χ4n) is 1.02. The average molecular weight is 226 g/mol. The van der Waals surface area contributed by atoms with Gasteiger partial charge in [0.15, 0.2) is 0 Å². The van der Waals surface area contributed by atoms with Crippen LogP contribution in [0, 0.1) is 0 Å². The molecule has 0 aliphatic heterocycles. The highest BCUT2D eigenvalue weighted by Crippen LogP contribution is 1.98. The van der Waals surface area contributed by atoms with E-state index in [0.717, 1.165) is 38.5 Å². The van der Waals surface area contributed by atoms with E-state index in [1.807, 2.05) is 12.2 Å². The van der Waals surface area contributed by atoms with Gasteiger partial charge >= 0.3 is 6.16 Å². The Balaban J connectivity index is 3.43. The lowest BCUT2D eigenvalue weighted by Gasteiger charge is -1.96. The number of hydrogen-bond acceptors (Lipinski definition) is 3. The minimum absolute atomic E-state index is 0.680.